The number of anilines is 1. The van der Waals surface area contributed by atoms with E-state index in [1.807, 2.05) is 12.1 Å². The molecule has 3 nitrogen and oxygen atoms in total. The molecule has 2 atom stereocenters. The Hall–Kier alpha value is -0.800. The third kappa shape index (κ3) is 2.72. The van der Waals surface area contributed by atoms with E-state index in [4.69, 9.17) is 17.3 Å². The van der Waals surface area contributed by atoms with Gasteiger partial charge in [0.25, 0.3) is 0 Å². The first-order valence-corrected chi connectivity index (χ1v) is 6.64. The number of halogens is 1. The molecule has 0 spiro atoms. The van der Waals surface area contributed by atoms with Crippen LogP contribution in [0.15, 0.2) is 18.3 Å². The second-order valence-electron chi connectivity index (χ2n) is 4.99. The topological polar surface area (TPSA) is 50.9 Å². The second-order valence-corrected chi connectivity index (χ2v) is 5.43. The van der Waals surface area contributed by atoms with E-state index in [-0.39, 0.29) is 5.54 Å². The molecule has 2 unspecified atom stereocenters. The maximum absolute atomic E-state index is 5.99. The molecule has 1 aromatic rings. The van der Waals surface area contributed by atoms with Gasteiger partial charge < -0.3 is 11.1 Å². The molecule has 0 bridgehead atoms. The second kappa shape index (κ2) is 5.23. The molecule has 0 aliphatic heterocycles. The van der Waals surface area contributed by atoms with E-state index in [2.05, 4.69) is 17.2 Å². The highest BCUT2D eigenvalue weighted by molar-refractivity contribution is 6.30. The van der Waals surface area contributed by atoms with Crippen LogP contribution in [0.1, 0.15) is 32.6 Å². The minimum atomic E-state index is -0.000913. The molecule has 0 aromatic carbocycles. The molecule has 1 heterocycles. The van der Waals surface area contributed by atoms with Crippen LogP contribution in [0.4, 0.5) is 5.82 Å². The molecule has 3 N–H and O–H groups in total. The Morgan fingerprint density at radius 2 is 2.35 bits per heavy atom. The van der Waals surface area contributed by atoms with Crippen LogP contribution in [0.3, 0.4) is 0 Å². The predicted octanol–water partition coefficient (Wildman–Crippen LogP) is 3.05. The fourth-order valence-electron chi connectivity index (χ4n) is 2.66. The van der Waals surface area contributed by atoms with Crippen LogP contribution in [-0.4, -0.2) is 17.1 Å². The van der Waals surface area contributed by atoms with E-state index in [9.17, 15) is 0 Å². The molecule has 4 heteroatoms. The molecule has 0 radical (unpaired) electrons. The summed E-state index contributed by atoms with van der Waals surface area (Å²) in [5, 5.41) is 4.19. The summed E-state index contributed by atoms with van der Waals surface area (Å²) in [5.41, 5.74) is 5.99. The molecule has 94 valence electrons. The molecule has 1 fully saturated rings. The Bertz CT molecular complexity index is 365. The van der Waals surface area contributed by atoms with Gasteiger partial charge in [0.05, 0.1) is 10.6 Å². The Labute approximate surface area is 108 Å². The maximum Gasteiger partial charge on any atom is 0.126 e. The molecule has 0 amide bonds. The quantitative estimate of drug-likeness (QED) is 0.871. The van der Waals surface area contributed by atoms with Gasteiger partial charge >= 0.3 is 0 Å². The first-order valence-electron chi connectivity index (χ1n) is 6.26. The molecule has 0 saturated heterocycles. The minimum Gasteiger partial charge on any atom is -0.363 e. The maximum atomic E-state index is 5.99. The van der Waals surface area contributed by atoms with Crippen LogP contribution in [-0.2, 0) is 0 Å². The number of aromatic nitrogens is 1. The average molecular weight is 254 g/mol. The summed E-state index contributed by atoms with van der Waals surface area (Å²) in [5.74, 6) is 1.45. The predicted molar refractivity (Wildman–Crippen MR) is 72.3 cm³/mol. The monoisotopic (exact) mass is 253 g/mol. The van der Waals surface area contributed by atoms with Crippen LogP contribution in [0.2, 0.25) is 5.02 Å². The van der Waals surface area contributed by atoms with Gasteiger partial charge in [0.2, 0.25) is 0 Å². The number of nitrogens with one attached hydrogen (secondary N) is 1. The van der Waals surface area contributed by atoms with E-state index in [0.717, 1.165) is 12.2 Å². The number of pyridine rings is 1. The summed E-state index contributed by atoms with van der Waals surface area (Å²) in [6.45, 7) is 2.92. The van der Waals surface area contributed by atoms with Crippen molar-refractivity contribution in [2.24, 2.45) is 11.7 Å². The normalized spacial score (nSPS) is 29.0. The van der Waals surface area contributed by atoms with E-state index < -0.39 is 0 Å². The van der Waals surface area contributed by atoms with Crippen LogP contribution in [0.5, 0.6) is 0 Å². The number of nitrogens with two attached hydrogens (primary N) is 1. The van der Waals surface area contributed by atoms with Gasteiger partial charge in [-0.15, -0.1) is 0 Å². The highest BCUT2D eigenvalue weighted by atomic mass is 35.5. The number of hydrogen-bond donors (Lipinski definition) is 2. The highest BCUT2D eigenvalue weighted by Crippen LogP contribution is 2.35. The lowest BCUT2D eigenvalue weighted by Gasteiger charge is -2.43. The number of nitrogens with zero attached hydrogens (tertiary/aromatic N) is 1. The standard InChI is InChI=1S/C13H20ClN3/c1-10-4-2-3-7-13(10,9-15)17-12-6-5-11(14)8-16-12/h5-6,8,10H,2-4,7,9,15H2,1H3,(H,16,17). The lowest BCUT2D eigenvalue weighted by atomic mass is 9.73. The summed E-state index contributed by atoms with van der Waals surface area (Å²) in [6.07, 6.45) is 6.56. The zero-order valence-corrected chi connectivity index (χ0v) is 11.0. The summed E-state index contributed by atoms with van der Waals surface area (Å²) in [6, 6.07) is 3.77. The van der Waals surface area contributed by atoms with Gasteiger partial charge in [-0.1, -0.05) is 31.4 Å². The molecule has 1 saturated carbocycles. The van der Waals surface area contributed by atoms with Crippen molar-refractivity contribution in [3.63, 3.8) is 0 Å². The van der Waals surface area contributed by atoms with Crippen molar-refractivity contribution >= 4 is 17.4 Å². The van der Waals surface area contributed by atoms with Gasteiger partial charge in [-0.25, -0.2) is 4.98 Å². The molecule has 2 rings (SSSR count). The van der Waals surface area contributed by atoms with Crippen LogP contribution >= 0.6 is 11.6 Å². The number of hydrogen-bond acceptors (Lipinski definition) is 3. The molecule has 1 aromatic heterocycles. The highest BCUT2D eigenvalue weighted by Gasteiger charge is 2.37. The van der Waals surface area contributed by atoms with Gasteiger partial charge in [-0.05, 0) is 30.9 Å². The fraction of sp³-hybridized carbons (Fsp3) is 0.615. The molecule has 1 aliphatic carbocycles. The first kappa shape index (κ1) is 12.7. The Morgan fingerprint density at radius 1 is 1.53 bits per heavy atom. The van der Waals surface area contributed by atoms with Gasteiger partial charge in [-0.2, -0.15) is 0 Å². The Kier molecular flexibility index (Phi) is 3.89. The molecular weight excluding hydrogens is 234 g/mol. The van der Waals surface area contributed by atoms with Gasteiger partial charge in [-0.3, -0.25) is 0 Å². The lowest BCUT2D eigenvalue weighted by molar-refractivity contribution is 0.235. The smallest absolute Gasteiger partial charge is 0.126 e. The van der Waals surface area contributed by atoms with Crippen molar-refractivity contribution in [2.45, 2.75) is 38.1 Å². The summed E-state index contributed by atoms with van der Waals surface area (Å²) < 4.78 is 0. The van der Waals surface area contributed by atoms with Crippen LogP contribution in [0, 0.1) is 5.92 Å². The Balaban J connectivity index is 2.15. The van der Waals surface area contributed by atoms with E-state index >= 15 is 0 Å². The van der Waals surface area contributed by atoms with Crippen molar-refractivity contribution in [1.82, 2.24) is 4.98 Å². The van der Waals surface area contributed by atoms with Gasteiger partial charge in [0.1, 0.15) is 5.82 Å². The summed E-state index contributed by atoms with van der Waals surface area (Å²) in [4.78, 5) is 4.30. The zero-order chi connectivity index (χ0) is 12.3. The van der Waals surface area contributed by atoms with Gasteiger partial charge in [0.15, 0.2) is 0 Å². The van der Waals surface area contributed by atoms with Crippen LogP contribution < -0.4 is 11.1 Å². The summed E-state index contributed by atoms with van der Waals surface area (Å²) in [7, 11) is 0. The average Bonchev–Trinajstić information content (AvgIpc) is 2.35. The fourth-order valence-corrected chi connectivity index (χ4v) is 2.77. The number of rotatable bonds is 3. The van der Waals surface area contributed by atoms with Crippen molar-refractivity contribution < 1.29 is 0 Å². The SMILES string of the molecule is CC1CCCCC1(CN)Nc1ccc(Cl)cn1. The third-order valence-corrected chi connectivity index (χ3v) is 4.15. The van der Waals surface area contributed by atoms with Crippen molar-refractivity contribution in [3.05, 3.63) is 23.4 Å². The van der Waals surface area contributed by atoms with Crippen molar-refractivity contribution in [2.75, 3.05) is 11.9 Å². The summed E-state index contributed by atoms with van der Waals surface area (Å²) >= 11 is 5.84. The minimum absolute atomic E-state index is 0.000913. The first-order chi connectivity index (χ1) is 8.16. The van der Waals surface area contributed by atoms with Crippen molar-refractivity contribution in [1.29, 1.82) is 0 Å². The van der Waals surface area contributed by atoms with E-state index in [0.29, 0.717) is 17.5 Å². The van der Waals surface area contributed by atoms with Crippen molar-refractivity contribution in [3.8, 4) is 0 Å². The molecular formula is C13H20ClN3. The zero-order valence-electron chi connectivity index (χ0n) is 10.2. The van der Waals surface area contributed by atoms with E-state index in [1.165, 1.54) is 19.3 Å². The lowest BCUT2D eigenvalue weighted by Crippen LogP contribution is -2.52. The third-order valence-electron chi connectivity index (χ3n) is 3.92. The largest absolute Gasteiger partial charge is 0.363 e. The van der Waals surface area contributed by atoms with E-state index in [1.54, 1.807) is 6.20 Å². The Morgan fingerprint density at radius 3 is 2.94 bits per heavy atom. The van der Waals surface area contributed by atoms with Gasteiger partial charge in [0, 0.05) is 12.7 Å². The molecule has 17 heavy (non-hydrogen) atoms. The van der Waals surface area contributed by atoms with Crippen LogP contribution in [0.25, 0.3) is 0 Å². The molecule has 1 aliphatic rings.